The maximum absolute atomic E-state index is 5.05. The zero-order valence-corrected chi connectivity index (χ0v) is 14.8. The summed E-state index contributed by atoms with van der Waals surface area (Å²) in [5, 5.41) is 2.61. The molecule has 0 N–H and O–H groups in total. The number of para-hydroxylation sites is 1. The van der Waals surface area contributed by atoms with E-state index in [4.69, 9.17) is 4.98 Å². The van der Waals surface area contributed by atoms with Crippen LogP contribution in [0.4, 0.5) is 0 Å². The molecule has 1 aromatic heterocycles. The monoisotopic (exact) mass is 291 g/mol. The van der Waals surface area contributed by atoms with E-state index in [9.17, 15) is 0 Å². The molecule has 0 atom stereocenters. The second-order valence-corrected chi connectivity index (χ2v) is 7.55. The summed E-state index contributed by atoms with van der Waals surface area (Å²) in [6.07, 6.45) is 0. The van der Waals surface area contributed by atoms with Crippen LogP contribution in [0.15, 0.2) is 24.3 Å². The number of hydrogen-bond donors (Lipinski definition) is 0. The summed E-state index contributed by atoms with van der Waals surface area (Å²) in [5.74, 6) is 0. The highest BCUT2D eigenvalue weighted by Gasteiger charge is 2.23. The molecule has 0 saturated heterocycles. The molecular weight excluding hydrogens is 266 g/mol. The smallest absolute Gasteiger partial charge is 0.0744 e. The molecule has 1 heteroatoms. The number of pyridine rings is 1. The first kappa shape index (κ1) is 15.0. The van der Waals surface area contributed by atoms with Gasteiger partial charge in [0.25, 0.3) is 0 Å². The average molecular weight is 291 g/mol. The lowest BCUT2D eigenvalue weighted by Gasteiger charge is -2.25. The highest BCUT2D eigenvalue weighted by Crippen LogP contribution is 2.38. The van der Waals surface area contributed by atoms with Gasteiger partial charge >= 0.3 is 0 Å². The van der Waals surface area contributed by atoms with Crippen molar-refractivity contribution in [3.8, 4) is 0 Å². The van der Waals surface area contributed by atoms with Gasteiger partial charge in [0.05, 0.1) is 11.0 Å². The Morgan fingerprint density at radius 1 is 0.773 bits per heavy atom. The summed E-state index contributed by atoms with van der Waals surface area (Å²) in [5.41, 5.74) is 9.08. The third-order valence-electron chi connectivity index (χ3n) is 4.88. The van der Waals surface area contributed by atoms with Crippen molar-refractivity contribution < 1.29 is 0 Å². The molecule has 0 saturated carbocycles. The number of rotatable bonds is 0. The Morgan fingerprint density at radius 2 is 1.45 bits per heavy atom. The summed E-state index contributed by atoms with van der Waals surface area (Å²) in [6, 6.07) is 8.85. The molecule has 0 radical (unpaired) electrons. The number of aryl methyl sites for hydroxylation is 3. The fourth-order valence-corrected chi connectivity index (χ4v) is 3.48. The molecule has 2 aromatic carbocycles. The molecule has 0 aliphatic rings. The number of hydrogen-bond acceptors (Lipinski definition) is 1. The Hall–Kier alpha value is -1.89. The van der Waals surface area contributed by atoms with Crippen LogP contribution in [0.25, 0.3) is 21.8 Å². The predicted octanol–water partition coefficient (Wildman–Crippen LogP) is 5.92. The summed E-state index contributed by atoms with van der Waals surface area (Å²) < 4.78 is 0. The van der Waals surface area contributed by atoms with Crippen LogP contribution in [0, 0.1) is 27.7 Å². The van der Waals surface area contributed by atoms with Gasteiger partial charge in [-0.05, 0) is 67.0 Å². The zero-order chi connectivity index (χ0) is 16.2. The molecule has 0 aliphatic heterocycles. The molecule has 0 bridgehead atoms. The Morgan fingerprint density at radius 3 is 2.09 bits per heavy atom. The lowest BCUT2D eigenvalue weighted by molar-refractivity contribution is 0.601. The van der Waals surface area contributed by atoms with Gasteiger partial charge in [0.1, 0.15) is 0 Å². The first-order valence-corrected chi connectivity index (χ1v) is 8.02. The molecule has 0 unspecified atom stereocenters. The lowest BCUT2D eigenvalue weighted by Crippen LogP contribution is -2.14. The second kappa shape index (κ2) is 4.81. The second-order valence-electron chi connectivity index (χ2n) is 7.55. The van der Waals surface area contributed by atoms with Gasteiger partial charge in [-0.15, -0.1) is 0 Å². The van der Waals surface area contributed by atoms with E-state index in [1.165, 1.54) is 38.6 Å². The van der Waals surface area contributed by atoms with Crippen LogP contribution in [0.2, 0.25) is 0 Å². The highest BCUT2D eigenvalue weighted by molar-refractivity contribution is 6.01. The fraction of sp³-hybridized carbons (Fsp3) is 0.381. The van der Waals surface area contributed by atoms with Crippen LogP contribution in [0.1, 0.15) is 48.6 Å². The van der Waals surface area contributed by atoms with Crippen LogP contribution in [-0.2, 0) is 5.41 Å². The van der Waals surface area contributed by atoms with Gasteiger partial charge in [-0.25, -0.2) is 4.98 Å². The van der Waals surface area contributed by atoms with Crippen molar-refractivity contribution in [3.63, 3.8) is 0 Å². The first-order chi connectivity index (χ1) is 10.2. The van der Waals surface area contributed by atoms with Crippen molar-refractivity contribution in [2.24, 2.45) is 0 Å². The highest BCUT2D eigenvalue weighted by atomic mass is 14.7. The molecular formula is C21H25N. The van der Waals surface area contributed by atoms with Crippen molar-refractivity contribution in [2.75, 3.05) is 0 Å². The number of benzene rings is 2. The Labute approximate surface area is 133 Å². The van der Waals surface area contributed by atoms with Gasteiger partial charge in [0.2, 0.25) is 0 Å². The van der Waals surface area contributed by atoms with Crippen molar-refractivity contribution in [2.45, 2.75) is 53.9 Å². The quantitative estimate of drug-likeness (QED) is 0.468. The maximum atomic E-state index is 5.05. The minimum absolute atomic E-state index is 0.0847. The average Bonchev–Trinajstić information content (AvgIpc) is 2.42. The molecule has 0 amide bonds. The number of nitrogens with zero attached hydrogens (tertiary/aromatic N) is 1. The fourth-order valence-electron chi connectivity index (χ4n) is 3.48. The lowest BCUT2D eigenvalue weighted by atomic mass is 9.80. The van der Waals surface area contributed by atoms with E-state index in [0.717, 1.165) is 11.0 Å². The third-order valence-corrected chi connectivity index (χ3v) is 4.88. The van der Waals surface area contributed by atoms with Crippen molar-refractivity contribution in [1.82, 2.24) is 4.98 Å². The van der Waals surface area contributed by atoms with Crippen LogP contribution in [0.3, 0.4) is 0 Å². The van der Waals surface area contributed by atoms with Gasteiger partial charge in [0, 0.05) is 10.8 Å². The van der Waals surface area contributed by atoms with Crippen molar-refractivity contribution in [1.29, 1.82) is 0 Å². The van der Waals surface area contributed by atoms with E-state index in [1.54, 1.807) is 0 Å². The molecule has 22 heavy (non-hydrogen) atoms. The van der Waals surface area contributed by atoms with E-state index in [0.29, 0.717) is 0 Å². The predicted molar refractivity (Wildman–Crippen MR) is 96.9 cm³/mol. The van der Waals surface area contributed by atoms with Crippen LogP contribution >= 0.6 is 0 Å². The van der Waals surface area contributed by atoms with E-state index in [1.807, 2.05) is 0 Å². The van der Waals surface area contributed by atoms with E-state index in [-0.39, 0.29) is 5.41 Å². The van der Waals surface area contributed by atoms with Gasteiger partial charge in [-0.3, -0.25) is 0 Å². The Balaban J connectivity index is 2.67. The molecule has 3 rings (SSSR count). The topological polar surface area (TPSA) is 12.9 Å². The molecule has 1 nitrogen and oxygen atoms in total. The van der Waals surface area contributed by atoms with E-state index >= 15 is 0 Å². The minimum atomic E-state index is 0.0847. The van der Waals surface area contributed by atoms with Gasteiger partial charge in [0.15, 0.2) is 0 Å². The van der Waals surface area contributed by atoms with Crippen molar-refractivity contribution in [3.05, 3.63) is 52.1 Å². The van der Waals surface area contributed by atoms with Crippen molar-refractivity contribution >= 4 is 21.8 Å². The normalized spacial score (nSPS) is 12.3. The molecule has 114 valence electrons. The molecule has 0 aliphatic carbocycles. The summed E-state index contributed by atoms with van der Waals surface area (Å²) in [7, 11) is 0. The largest absolute Gasteiger partial charge is 0.247 e. The number of aromatic nitrogens is 1. The molecule has 0 spiro atoms. The molecule has 0 fully saturated rings. The molecule has 1 heterocycles. The Kier molecular flexibility index (Phi) is 3.28. The SMILES string of the molecule is Cc1cc2c(C(C)(C)C)c3cccc(C)c3nc2c(C)c1C. The third kappa shape index (κ3) is 2.11. The van der Waals surface area contributed by atoms with Gasteiger partial charge < -0.3 is 0 Å². The first-order valence-electron chi connectivity index (χ1n) is 8.02. The van der Waals surface area contributed by atoms with Crippen LogP contribution in [-0.4, -0.2) is 4.98 Å². The summed E-state index contributed by atoms with van der Waals surface area (Å²) >= 11 is 0. The Bertz CT molecular complexity index is 896. The minimum Gasteiger partial charge on any atom is -0.247 e. The van der Waals surface area contributed by atoms with E-state index in [2.05, 4.69) is 72.7 Å². The van der Waals surface area contributed by atoms with Crippen LogP contribution in [0.5, 0.6) is 0 Å². The van der Waals surface area contributed by atoms with Gasteiger partial charge in [-0.2, -0.15) is 0 Å². The molecule has 3 aromatic rings. The van der Waals surface area contributed by atoms with Gasteiger partial charge in [-0.1, -0.05) is 39.0 Å². The number of fused-ring (bicyclic) bond motifs is 2. The van der Waals surface area contributed by atoms with E-state index < -0.39 is 0 Å². The summed E-state index contributed by atoms with van der Waals surface area (Å²) in [4.78, 5) is 5.05. The van der Waals surface area contributed by atoms with Crippen LogP contribution < -0.4 is 0 Å². The standard InChI is InChI=1S/C21H25N/c1-12-9-8-10-16-18(21(5,6)7)17-11-13(2)14(3)15(4)20(17)22-19(12)16/h8-11H,1-7H3. The maximum Gasteiger partial charge on any atom is 0.0744 e. The zero-order valence-electron chi connectivity index (χ0n) is 14.8. The summed E-state index contributed by atoms with van der Waals surface area (Å²) in [6.45, 7) is 15.7.